The molecule has 0 radical (unpaired) electrons. The second-order valence-corrected chi connectivity index (χ2v) is 6.94. The number of hydrogen-bond acceptors (Lipinski definition) is 2. The highest BCUT2D eigenvalue weighted by atomic mass is 79.9. The molecule has 2 N–H and O–H groups in total. The molecule has 0 aliphatic heterocycles. The zero-order valence-electron chi connectivity index (χ0n) is 11.9. The topological polar surface area (TPSA) is 29.3 Å². The SMILES string of the molecule is CN(CCC(N)C(C)(C)C)Cc1ccccc1Br. The maximum atomic E-state index is 6.19. The van der Waals surface area contributed by atoms with Gasteiger partial charge < -0.3 is 10.6 Å². The lowest BCUT2D eigenvalue weighted by molar-refractivity contribution is 0.251. The van der Waals surface area contributed by atoms with Crippen LogP contribution in [0.4, 0.5) is 0 Å². The van der Waals surface area contributed by atoms with Crippen LogP contribution in [0, 0.1) is 5.41 Å². The lowest BCUT2D eigenvalue weighted by Gasteiger charge is -2.29. The van der Waals surface area contributed by atoms with E-state index < -0.39 is 0 Å². The van der Waals surface area contributed by atoms with Crippen molar-refractivity contribution in [2.24, 2.45) is 11.1 Å². The third-order valence-corrected chi connectivity index (χ3v) is 4.11. The molecule has 0 fully saturated rings. The van der Waals surface area contributed by atoms with Gasteiger partial charge in [0, 0.05) is 17.1 Å². The maximum absolute atomic E-state index is 6.19. The van der Waals surface area contributed by atoms with Crippen LogP contribution >= 0.6 is 15.9 Å². The summed E-state index contributed by atoms with van der Waals surface area (Å²) < 4.78 is 1.18. The molecule has 102 valence electrons. The van der Waals surface area contributed by atoms with E-state index in [-0.39, 0.29) is 11.5 Å². The van der Waals surface area contributed by atoms with Crippen LogP contribution < -0.4 is 5.73 Å². The summed E-state index contributed by atoms with van der Waals surface area (Å²) in [6, 6.07) is 8.62. The molecule has 0 aliphatic rings. The molecule has 2 nitrogen and oxygen atoms in total. The van der Waals surface area contributed by atoms with Gasteiger partial charge in [-0.15, -0.1) is 0 Å². The van der Waals surface area contributed by atoms with Crippen LogP contribution in [0.3, 0.4) is 0 Å². The summed E-state index contributed by atoms with van der Waals surface area (Å²) in [6.07, 6.45) is 1.03. The van der Waals surface area contributed by atoms with Gasteiger partial charge in [-0.3, -0.25) is 0 Å². The molecule has 1 rings (SSSR count). The Bertz CT molecular complexity index is 371. The summed E-state index contributed by atoms with van der Waals surface area (Å²) in [6.45, 7) is 8.58. The predicted octanol–water partition coefficient (Wildman–Crippen LogP) is 3.64. The minimum absolute atomic E-state index is 0.189. The lowest BCUT2D eigenvalue weighted by atomic mass is 9.85. The Kier molecular flexibility index (Phi) is 5.83. The molecular formula is C15H25BrN2. The van der Waals surface area contributed by atoms with Crippen molar-refractivity contribution < 1.29 is 0 Å². The van der Waals surface area contributed by atoms with Crippen LogP contribution in [0.5, 0.6) is 0 Å². The molecule has 0 saturated heterocycles. The largest absolute Gasteiger partial charge is 0.327 e. The highest BCUT2D eigenvalue weighted by molar-refractivity contribution is 9.10. The molecule has 0 aromatic heterocycles. The van der Waals surface area contributed by atoms with Crippen molar-refractivity contribution in [3.63, 3.8) is 0 Å². The van der Waals surface area contributed by atoms with Crippen LogP contribution in [0.1, 0.15) is 32.8 Å². The van der Waals surface area contributed by atoms with E-state index in [4.69, 9.17) is 5.73 Å². The van der Waals surface area contributed by atoms with E-state index in [1.54, 1.807) is 0 Å². The van der Waals surface area contributed by atoms with E-state index >= 15 is 0 Å². The Hall–Kier alpha value is -0.380. The minimum Gasteiger partial charge on any atom is -0.327 e. The van der Waals surface area contributed by atoms with E-state index in [2.05, 4.69) is 66.8 Å². The number of rotatable bonds is 5. The molecule has 0 bridgehead atoms. The molecular weight excluding hydrogens is 288 g/mol. The lowest BCUT2D eigenvalue weighted by Crippen LogP contribution is -2.37. The fourth-order valence-electron chi connectivity index (χ4n) is 1.79. The van der Waals surface area contributed by atoms with Crippen LogP contribution in [-0.2, 0) is 6.54 Å². The first-order chi connectivity index (χ1) is 8.30. The van der Waals surface area contributed by atoms with E-state index in [1.165, 1.54) is 10.0 Å². The second kappa shape index (κ2) is 6.69. The summed E-state index contributed by atoms with van der Waals surface area (Å²) in [5.41, 5.74) is 7.70. The average Bonchev–Trinajstić information content (AvgIpc) is 2.27. The summed E-state index contributed by atoms with van der Waals surface area (Å²) >= 11 is 3.59. The third kappa shape index (κ3) is 5.09. The molecule has 0 heterocycles. The normalized spacial score (nSPS) is 13.9. The van der Waals surface area contributed by atoms with Crippen molar-refractivity contribution in [1.29, 1.82) is 0 Å². The Morgan fingerprint density at radius 2 is 1.89 bits per heavy atom. The van der Waals surface area contributed by atoms with Gasteiger partial charge in [-0.25, -0.2) is 0 Å². The predicted molar refractivity (Wildman–Crippen MR) is 82.5 cm³/mol. The number of nitrogens with zero attached hydrogens (tertiary/aromatic N) is 1. The van der Waals surface area contributed by atoms with Crippen molar-refractivity contribution >= 4 is 15.9 Å². The van der Waals surface area contributed by atoms with E-state index in [0.29, 0.717) is 0 Å². The Morgan fingerprint density at radius 1 is 1.28 bits per heavy atom. The molecule has 0 aliphatic carbocycles. The molecule has 1 unspecified atom stereocenters. The van der Waals surface area contributed by atoms with Gasteiger partial charge in [0.2, 0.25) is 0 Å². The minimum atomic E-state index is 0.189. The number of benzene rings is 1. The van der Waals surface area contributed by atoms with Gasteiger partial charge in [0.05, 0.1) is 0 Å². The van der Waals surface area contributed by atoms with E-state index in [9.17, 15) is 0 Å². The molecule has 1 aromatic rings. The Morgan fingerprint density at radius 3 is 2.44 bits per heavy atom. The monoisotopic (exact) mass is 312 g/mol. The number of halogens is 1. The molecule has 1 atom stereocenters. The molecule has 0 spiro atoms. The summed E-state index contributed by atoms with van der Waals surface area (Å²) in [5.74, 6) is 0. The van der Waals surface area contributed by atoms with Gasteiger partial charge in [0.15, 0.2) is 0 Å². The van der Waals surface area contributed by atoms with E-state index in [1.807, 2.05) is 6.07 Å². The Labute approximate surface area is 120 Å². The van der Waals surface area contributed by atoms with Crippen molar-refractivity contribution in [3.8, 4) is 0 Å². The van der Waals surface area contributed by atoms with Crippen molar-refractivity contribution in [2.75, 3.05) is 13.6 Å². The van der Waals surface area contributed by atoms with Crippen LogP contribution in [0.15, 0.2) is 28.7 Å². The molecule has 18 heavy (non-hydrogen) atoms. The highest BCUT2D eigenvalue weighted by Gasteiger charge is 2.20. The quantitative estimate of drug-likeness (QED) is 0.899. The molecule has 1 aromatic carbocycles. The van der Waals surface area contributed by atoms with Gasteiger partial charge >= 0.3 is 0 Å². The van der Waals surface area contributed by atoms with Crippen LogP contribution in [-0.4, -0.2) is 24.5 Å². The molecule has 0 saturated carbocycles. The van der Waals surface area contributed by atoms with Crippen molar-refractivity contribution in [1.82, 2.24) is 4.90 Å². The maximum Gasteiger partial charge on any atom is 0.0241 e. The van der Waals surface area contributed by atoms with Gasteiger partial charge in [-0.2, -0.15) is 0 Å². The van der Waals surface area contributed by atoms with Crippen molar-refractivity contribution in [3.05, 3.63) is 34.3 Å². The first-order valence-corrected chi connectivity index (χ1v) is 7.27. The second-order valence-electron chi connectivity index (χ2n) is 6.09. The summed E-state index contributed by atoms with van der Waals surface area (Å²) in [7, 11) is 2.15. The molecule has 3 heteroatoms. The average molecular weight is 313 g/mol. The fraction of sp³-hybridized carbons (Fsp3) is 0.600. The first-order valence-electron chi connectivity index (χ1n) is 6.48. The third-order valence-electron chi connectivity index (χ3n) is 3.33. The van der Waals surface area contributed by atoms with Gasteiger partial charge in [0.1, 0.15) is 0 Å². The standard InChI is InChI=1S/C15H25BrN2/c1-15(2,3)14(17)9-10-18(4)11-12-7-5-6-8-13(12)16/h5-8,14H,9-11,17H2,1-4H3. The number of nitrogens with two attached hydrogens (primary N) is 1. The Balaban J connectivity index is 2.43. The zero-order chi connectivity index (χ0) is 13.8. The zero-order valence-corrected chi connectivity index (χ0v) is 13.5. The van der Waals surface area contributed by atoms with Gasteiger partial charge in [0.25, 0.3) is 0 Å². The van der Waals surface area contributed by atoms with Crippen LogP contribution in [0.25, 0.3) is 0 Å². The number of hydrogen-bond donors (Lipinski definition) is 1. The van der Waals surface area contributed by atoms with Gasteiger partial charge in [-0.1, -0.05) is 54.9 Å². The first kappa shape index (κ1) is 15.7. The molecule has 0 amide bonds. The van der Waals surface area contributed by atoms with Crippen LogP contribution in [0.2, 0.25) is 0 Å². The van der Waals surface area contributed by atoms with E-state index in [0.717, 1.165) is 19.5 Å². The smallest absolute Gasteiger partial charge is 0.0241 e. The van der Waals surface area contributed by atoms with Gasteiger partial charge in [-0.05, 0) is 37.1 Å². The summed E-state index contributed by atoms with van der Waals surface area (Å²) in [4.78, 5) is 2.33. The van der Waals surface area contributed by atoms with Crippen molar-refractivity contribution in [2.45, 2.75) is 39.8 Å². The summed E-state index contributed by atoms with van der Waals surface area (Å²) in [5, 5.41) is 0. The fourth-order valence-corrected chi connectivity index (χ4v) is 2.20. The highest BCUT2D eigenvalue weighted by Crippen LogP contribution is 2.21.